The van der Waals surface area contributed by atoms with Crippen LogP contribution in [0.1, 0.15) is 45.0 Å². The molecule has 0 unspecified atom stereocenters. The van der Waals surface area contributed by atoms with Crippen LogP contribution in [0.5, 0.6) is 0 Å². The molecule has 0 fully saturated rings. The van der Waals surface area contributed by atoms with E-state index in [2.05, 4.69) is 19.9 Å². The van der Waals surface area contributed by atoms with E-state index in [-0.39, 0.29) is 0 Å². The van der Waals surface area contributed by atoms with Gasteiger partial charge in [0.2, 0.25) is 0 Å². The van der Waals surface area contributed by atoms with Crippen LogP contribution in [0.25, 0.3) is 48.6 Å². The number of hydrogen-bond donors (Lipinski definition) is 0. The maximum absolute atomic E-state index is 6.14. The number of nitrogens with zero attached hydrogens (tertiary/aromatic N) is 6. The molecule has 42 heavy (non-hydrogen) atoms. The maximum Gasteiger partial charge on any atom is 0.0894 e. The third kappa shape index (κ3) is 8.41. The van der Waals surface area contributed by atoms with Crippen LogP contribution in [-0.2, 0) is 0 Å². The minimum absolute atomic E-state index is 0.534. The lowest BCUT2D eigenvalue weighted by Gasteiger charge is -2.07. The maximum atomic E-state index is 6.14. The highest BCUT2D eigenvalue weighted by atomic mass is 35.5. The topological polar surface area (TPSA) is 77.3 Å². The monoisotopic (exact) mass is 628 g/mol. The summed E-state index contributed by atoms with van der Waals surface area (Å²) in [5, 5.41) is 2.14. The largest absolute Gasteiger partial charge is 0.263 e. The lowest BCUT2D eigenvalue weighted by atomic mass is 10.1. The molecule has 0 atom stereocenters. The number of aromatic nitrogens is 6. The van der Waals surface area contributed by atoms with Crippen LogP contribution in [0, 0.1) is 0 Å². The first-order valence-electron chi connectivity index (χ1n) is 12.5. The molecule has 6 nitrogen and oxygen atoms in total. The third-order valence-electron chi connectivity index (χ3n) is 5.65. The zero-order chi connectivity index (χ0) is 29.3. The molecule has 5 rings (SSSR count). The molecule has 5 heterocycles. The average molecular weight is 630 g/mol. The van der Waals surface area contributed by atoms with Crippen molar-refractivity contribution in [2.75, 3.05) is 0 Å². The van der Waals surface area contributed by atoms with Crippen molar-refractivity contribution in [2.45, 2.75) is 0 Å². The van der Waals surface area contributed by atoms with Crippen LogP contribution in [0.4, 0.5) is 0 Å². The van der Waals surface area contributed by atoms with E-state index < -0.39 is 0 Å². The zero-order valence-corrected chi connectivity index (χ0v) is 24.8. The van der Waals surface area contributed by atoms with Crippen LogP contribution < -0.4 is 0 Å². The first-order chi connectivity index (χ1) is 20.4. The summed E-state index contributed by atoms with van der Waals surface area (Å²) in [6.07, 6.45) is 28.1. The predicted octanol–water partition coefficient (Wildman–Crippen LogP) is 9.35. The van der Waals surface area contributed by atoms with Crippen LogP contribution in [0.3, 0.4) is 0 Å². The second kappa shape index (κ2) is 14.1. The Morgan fingerprint density at radius 2 is 0.571 bits per heavy atom. The summed E-state index contributed by atoms with van der Waals surface area (Å²) >= 11 is 24.6. The van der Waals surface area contributed by atoms with E-state index in [1.807, 2.05) is 72.9 Å². The summed E-state index contributed by atoms with van der Waals surface area (Å²) in [5.41, 5.74) is 5.74. The quantitative estimate of drug-likeness (QED) is 0.170. The number of hydrogen-bond acceptors (Lipinski definition) is 6. The number of halogens is 4. The molecule has 0 saturated carbocycles. The fourth-order valence-electron chi connectivity index (χ4n) is 3.76. The van der Waals surface area contributed by atoms with Gasteiger partial charge in [0.15, 0.2) is 0 Å². The molecule has 0 N–H and O–H groups in total. The van der Waals surface area contributed by atoms with Crippen molar-refractivity contribution < 1.29 is 0 Å². The van der Waals surface area contributed by atoms with E-state index in [1.54, 1.807) is 49.6 Å². The van der Waals surface area contributed by atoms with Crippen molar-refractivity contribution in [3.05, 3.63) is 139 Å². The van der Waals surface area contributed by atoms with Gasteiger partial charge in [-0.1, -0.05) is 70.7 Å². The van der Waals surface area contributed by atoms with Crippen molar-refractivity contribution in [3.8, 4) is 0 Å². The van der Waals surface area contributed by atoms with E-state index in [1.165, 1.54) is 0 Å². The number of pyridine rings is 4. The van der Waals surface area contributed by atoms with Crippen LogP contribution >= 0.6 is 46.4 Å². The summed E-state index contributed by atoms with van der Waals surface area (Å²) in [4.78, 5) is 26.6. The molecule has 0 saturated heterocycles. The van der Waals surface area contributed by atoms with E-state index in [4.69, 9.17) is 56.4 Å². The van der Waals surface area contributed by atoms with Crippen LogP contribution in [0.2, 0.25) is 20.1 Å². The molecule has 0 aromatic carbocycles. The molecule has 5 aromatic heterocycles. The highest BCUT2D eigenvalue weighted by Gasteiger charge is 2.09. The third-order valence-corrected chi connectivity index (χ3v) is 6.47. The molecule has 0 aliphatic rings. The van der Waals surface area contributed by atoms with Gasteiger partial charge < -0.3 is 0 Å². The van der Waals surface area contributed by atoms with Gasteiger partial charge in [0.25, 0.3) is 0 Å². The normalized spacial score (nSPS) is 11.9. The second-order valence-corrected chi connectivity index (χ2v) is 10.6. The van der Waals surface area contributed by atoms with E-state index in [0.717, 1.165) is 22.3 Å². The van der Waals surface area contributed by atoms with Gasteiger partial charge in [-0.05, 0) is 70.8 Å². The van der Waals surface area contributed by atoms with Crippen molar-refractivity contribution in [3.63, 3.8) is 0 Å². The van der Waals surface area contributed by atoms with Gasteiger partial charge in [-0.2, -0.15) is 0 Å². The van der Waals surface area contributed by atoms with Crippen LogP contribution in [0.15, 0.2) is 73.8 Å². The standard InChI is InChI=1S/C32H20Cl4N6/c33-25-9-21(13-37-17-25)1-5-29-30(6-2-22-10-26(34)18-38-14-22)42-32(8-4-24-12-28(36)20-40-16-24)31(41-29)7-3-23-11-27(35)19-39-15-23/h1-20H. The molecule has 206 valence electrons. The summed E-state index contributed by atoms with van der Waals surface area (Å²) in [6.45, 7) is 0. The Hall–Kier alpha value is -4.20. The first kappa shape index (κ1) is 29.3. The Labute approximate surface area is 262 Å². The van der Waals surface area contributed by atoms with Crippen LogP contribution in [-0.4, -0.2) is 29.9 Å². The minimum atomic E-state index is 0.534. The van der Waals surface area contributed by atoms with Crippen molar-refractivity contribution >= 4 is 95.0 Å². The summed E-state index contributed by atoms with van der Waals surface area (Å²) in [5.74, 6) is 0. The Morgan fingerprint density at radius 3 is 0.786 bits per heavy atom. The fourth-order valence-corrected chi connectivity index (χ4v) is 4.49. The van der Waals surface area contributed by atoms with Gasteiger partial charge in [-0.25, -0.2) is 9.97 Å². The highest BCUT2D eigenvalue weighted by molar-refractivity contribution is 6.31. The molecule has 5 aromatic rings. The van der Waals surface area contributed by atoms with Gasteiger partial charge >= 0.3 is 0 Å². The molecule has 10 heteroatoms. The minimum Gasteiger partial charge on any atom is -0.263 e. The van der Waals surface area contributed by atoms with E-state index >= 15 is 0 Å². The van der Waals surface area contributed by atoms with Gasteiger partial charge in [0.1, 0.15) is 0 Å². The van der Waals surface area contributed by atoms with E-state index in [0.29, 0.717) is 42.9 Å². The van der Waals surface area contributed by atoms with Gasteiger partial charge in [-0.3, -0.25) is 19.9 Å². The molecule has 0 radical (unpaired) electrons. The van der Waals surface area contributed by atoms with Crippen molar-refractivity contribution in [2.24, 2.45) is 0 Å². The highest BCUT2D eigenvalue weighted by Crippen LogP contribution is 2.22. The molecular weight excluding hydrogens is 610 g/mol. The summed E-state index contributed by atoms with van der Waals surface area (Å²) in [6, 6.07) is 7.26. The Morgan fingerprint density at radius 1 is 0.333 bits per heavy atom. The van der Waals surface area contributed by atoms with Crippen molar-refractivity contribution in [1.29, 1.82) is 0 Å². The summed E-state index contributed by atoms with van der Waals surface area (Å²) in [7, 11) is 0. The predicted molar refractivity (Wildman–Crippen MR) is 175 cm³/mol. The Balaban J connectivity index is 1.63. The second-order valence-electron chi connectivity index (χ2n) is 8.84. The average Bonchev–Trinajstić information content (AvgIpc) is 2.97. The smallest absolute Gasteiger partial charge is 0.0894 e. The van der Waals surface area contributed by atoms with Gasteiger partial charge in [0.05, 0.1) is 42.9 Å². The lowest BCUT2D eigenvalue weighted by molar-refractivity contribution is 1.12. The Bertz CT molecular complexity index is 1590. The summed E-state index contributed by atoms with van der Waals surface area (Å²) < 4.78 is 0. The molecule has 0 bridgehead atoms. The van der Waals surface area contributed by atoms with Gasteiger partial charge in [-0.15, -0.1) is 0 Å². The Kier molecular flexibility index (Phi) is 9.85. The number of rotatable bonds is 8. The lowest BCUT2D eigenvalue weighted by Crippen LogP contribution is -2.00. The molecule has 0 aliphatic heterocycles. The molecular formula is C32H20Cl4N6. The molecule has 0 spiro atoms. The molecule has 0 aliphatic carbocycles. The fraction of sp³-hybridized carbons (Fsp3) is 0. The van der Waals surface area contributed by atoms with E-state index in [9.17, 15) is 0 Å². The van der Waals surface area contributed by atoms with Gasteiger partial charge in [0, 0.05) is 49.6 Å². The van der Waals surface area contributed by atoms with Crippen molar-refractivity contribution in [1.82, 2.24) is 29.9 Å². The SMILES string of the molecule is Clc1cncc(C=Cc2nc(C=Cc3cncc(Cl)c3)c(C=Cc3cncc(Cl)c3)nc2C=Cc2cncc(Cl)c2)c1. The first-order valence-corrected chi connectivity index (χ1v) is 14.0. The zero-order valence-electron chi connectivity index (χ0n) is 21.7. The molecule has 0 amide bonds.